The van der Waals surface area contributed by atoms with Gasteiger partial charge in [-0.05, 0) is 74.3 Å². The third kappa shape index (κ3) is 15.2. The van der Waals surface area contributed by atoms with Gasteiger partial charge in [0.05, 0.1) is 23.9 Å². The summed E-state index contributed by atoms with van der Waals surface area (Å²) in [5.41, 5.74) is 0.788. The summed E-state index contributed by atoms with van der Waals surface area (Å²) in [6.45, 7) is 13.8. The van der Waals surface area contributed by atoms with Crippen molar-refractivity contribution in [3.05, 3.63) is 71.8 Å². The van der Waals surface area contributed by atoms with Crippen molar-refractivity contribution in [1.82, 2.24) is 31.0 Å². The molecule has 6 atom stereocenters. The summed E-state index contributed by atoms with van der Waals surface area (Å²) >= 11 is 0. The van der Waals surface area contributed by atoms with E-state index < -0.39 is 71.3 Å². The number of likely N-dealkylation sites (N-methyl/N-ethyl adjacent to an activating group) is 2. The lowest BCUT2D eigenvalue weighted by molar-refractivity contribution is -0.209. The molecule has 0 bridgehead atoms. The molecule has 4 N–H and O–H groups in total. The smallest absolute Gasteiger partial charge is 0.247 e. The molecule has 0 aliphatic rings. The van der Waals surface area contributed by atoms with E-state index in [-0.39, 0.29) is 12.3 Å². The maximum Gasteiger partial charge on any atom is 0.247 e. The SMILES string of the molecule is CNC(=O)C(NC(=O)C(CCCc1ccccc1)C(C)N(C=O)OCN(C)C(=O)C(NC(=O)C(CCCc1ccccc1)C(C)N(O)C=O)C(C)(C)C)C(C)(C)C. The van der Waals surface area contributed by atoms with E-state index in [2.05, 4.69) is 16.0 Å². The van der Waals surface area contributed by atoms with Gasteiger partial charge in [-0.2, -0.15) is 0 Å². The van der Waals surface area contributed by atoms with Crippen molar-refractivity contribution in [2.24, 2.45) is 22.7 Å². The lowest BCUT2D eigenvalue weighted by Crippen LogP contribution is -2.57. The molecular weight excluding hydrogens is 729 g/mol. The molecule has 0 saturated heterocycles. The van der Waals surface area contributed by atoms with Crippen LogP contribution in [-0.2, 0) is 46.4 Å². The van der Waals surface area contributed by atoms with E-state index in [9.17, 15) is 34.0 Å². The molecule has 2 aromatic rings. The van der Waals surface area contributed by atoms with E-state index >= 15 is 0 Å². The van der Waals surface area contributed by atoms with Crippen molar-refractivity contribution >= 4 is 36.4 Å². The number of carbonyl (C=O) groups is 6. The number of hydrogen-bond donors (Lipinski definition) is 4. The minimum atomic E-state index is -1.05. The first-order chi connectivity index (χ1) is 26.8. The highest BCUT2D eigenvalue weighted by Gasteiger charge is 2.40. The molecule has 316 valence electrons. The van der Waals surface area contributed by atoms with Crippen LogP contribution in [0.25, 0.3) is 0 Å². The van der Waals surface area contributed by atoms with Gasteiger partial charge >= 0.3 is 0 Å². The molecule has 0 heterocycles. The van der Waals surface area contributed by atoms with E-state index in [4.69, 9.17) is 4.84 Å². The van der Waals surface area contributed by atoms with Gasteiger partial charge in [-0.15, -0.1) is 0 Å². The maximum atomic E-state index is 14.0. The van der Waals surface area contributed by atoms with Gasteiger partial charge in [0.25, 0.3) is 0 Å². The zero-order valence-electron chi connectivity index (χ0n) is 35.5. The van der Waals surface area contributed by atoms with Crippen molar-refractivity contribution in [3.63, 3.8) is 0 Å². The van der Waals surface area contributed by atoms with Gasteiger partial charge in [0.2, 0.25) is 36.4 Å². The summed E-state index contributed by atoms with van der Waals surface area (Å²) in [5.74, 6) is -3.39. The van der Waals surface area contributed by atoms with Crippen LogP contribution in [0.15, 0.2) is 60.7 Å². The zero-order valence-corrected chi connectivity index (χ0v) is 35.5. The van der Waals surface area contributed by atoms with Crippen molar-refractivity contribution in [3.8, 4) is 0 Å². The molecule has 0 aromatic heterocycles. The predicted molar refractivity (Wildman–Crippen MR) is 218 cm³/mol. The number of nitrogens with one attached hydrogen (secondary N) is 3. The lowest BCUT2D eigenvalue weighted by Gasteiger charge is -2.37. The minimum absolute atomic E-state index is 0.252. The third-order valence-corrected chi connectivity index (χ3v) is 10.4. The molecule has 2 rings (SSSR count). The first kappa shape index (κ1) is 48.3. The summed E-state index contributed by atoms with van der Waals surface area (Å²) in [6, 6.07) is 16.0. The molecule has 0 spiro atoms. The van der Waals surface area contributed by atoms with Crippen LogP contribution in [0.2, 0.25) is 0 Å². The van der Waals surface area contributed by atoms with Crippen LogP contribution < -0.4 is 16.0 Å². The van der Waals surface area contributed by atoms with E-state index in [1.54, 1.807) is 34.6 Å². The van der Waals surface area contributed by atoms with E-state index in [1.165, 1.54) is 19.0 Å². The van der Waals surface area contributed by atoms with Crippen LogP contribution in [-0.4, -0.2) is 102 Å². The summed E-state index contributed by atoms with van der Waals surface area (Å²) in [4.78, 5) is 85.7. The molecule has 0 aliphatic carbocycles. The van der Waals surface area contributed by atoms with Crippen LogP contribution >= 0.6 is 0 Å². The first-order valence-corrected chi connectivity index (χ1v) is 19.7. The summed E-state index contributed by atoms with van der Waals surface area (Å²) in [7, 11) is 2.98. The fourth-order valence-electron chi connectivity index (χ4n) is 6.63. The zero-order chi connectivity index (χ0) is 42.9. The van der Waals surface area contributed by atoms with Crippen LogP contribution in [0, 0.1) is 22.7 Å². The van der Waals surface area contributed by atoms with E-state index in [1.807, 2.05) is 81.4 Å². The number of amides is 6. The Balaban J connectivity index is 2.25. The molecule has 6 unspecified atom stereocenters. The second-order valence-corrected chi connectivity index (χ2v) is 16.9. The van der Waals surface area contributed by atoms with Crippen LogP contribution in [0.4, 0.5) is 0 Å². The molecule has 0 fully saturated rings. The molecule has 0 radical (unpaired) electrons. The van der Waals surface area contributed by atoms with Gasteiger partial charge in [-0.1, -0.05) is 102 Å². The Morgan fingerprint density at radius 2 is 1.14 bits per heavy atom. The van der Waals surface area contributed by atoms with Gasteiger partial charge < -0.3 is 20.9 Å². The molecule has 2 aromatic carbocycles. The van der Waals surface area contributed by atoms with Crippen LogP contribution in [0.5, 0.6) is 0 Å². The number of carbonyl (C=O) groups excluding carboxylic acids is 6. The molecular formula is C43H66N6O8. The van der Waals surface area contributed by atoms with Crippen LogP contribution in [0.1, 0.15) is 92.2 Å². The summed E-state index contributed by atoms with van der Waals surface area (Å²) < 4.78 is 0. The molecule has 57 heavy (non-hydrogen) atoms. The van der Waals surface area contributed by atoms with E-state index in [0.29, 0.717) is 50.0 Å². The molecule has 6 amide bonds. The second kappa shape index (κ2) is 22.8. The van der Waals surface area contributed by atoms with Crippen molar-refractivity contribution in [2.75, 3.05) is 20.8 Å². The van der Waals surface area contributed by atoms with Gasteiger partial charge in [0, 0.05) is 14.1 Å². The minimum Gasteiger partial charge on any atom is -0.357 e. The Kier molecular flexibility index (Phi) is 19.3. The highest BCUT2D eigenvalue weighted by Crippen LogP contribution is 2.26. The highest BCUT2D eigenvalue weighted by atomic mass is 16.7. The predicted octanol–water partition coefficient (Wildman–Crippen LogP) is 4.50. The quantitative estimate of drug-likeness (QED) is 0.0550. The lowest BCUT2D eigenvalue weighted by atomic mass is 9.84. The second-order valence-electron chi connectivity index (χ2n) is 16.9. The van der Waals surface area contributed by atoms with Crippen LogP contribution in [0.3, 0.4) is 0 Å². The number of aryl methyl sites for hydroxylation is 2. The van der Waals surface area contributed by atoms with Crippen molar-refractivity contribution in [2.45, 2.75) is 118 Å². The van der Waals surface area contributed by atoms with Gasteiger partial charge in [0.15, 0.2) is 0 Å². The standard InChI is InChI=1S/C43H66N6O8/c1-30(48(56)27-50)34(25-17-23-32-19-13-11-14-20-32)38(52)46-37(43(6,7)8)41(55)47(10)29-57-49(28-51)31(2)35(26-18-24-33-21-15-12-16-22-33)39(53)45-36(40(54)44-9)42(3,4)5/h11-16,19-22,27-28,30-31,34-37,56H,17-18,23-26,29H2,1-10H3,(H,44,54)(H,45,53)(H,46,52). The normalized spacial score (nSPS) is 14.8. The Labute approximate surface area is 339 Å². The summed E-state index contributed by atoms with van der Waals surface area (Å²) in [6.07, 6.45) is 3.98. The fourth-order valence-corrected chi connectivity index (χ4v) is 6.63. The molecule has 14 nitrogen and oxygen atoms in total. The third-order valence-electron chi connectivity index (χ3n) is 10.4. The number of rotatable bonds is 23. The average molecular weight is 795 g/mol. The van der Waals surface area contributed by atoms with Gasteiger partial charge in [-0.25, -0.2) is 15.0 Å². The largest absolute Gasteiger partial charge is 0.357 e. The monoisotopic (exact) mass is 794 g/mol. The van der Waals surface area contributed by atoms with E-state index in [0.717, 1.165) is 16.2 Å². The maximum absolute atomic E-state index is 14.0. The molecule has 0 saturated carbocycles. The molecule has 14 heteroatoms. The summed E-state index contributed by atoms with van der Waals surface area (Å²) in [5, 5.41) is 20.1. The number of nitrogens with zero attached hydrogens (tertiary/aromatic N) is 3. The molecule has 0 aliphatic heterocycles. The highest BCUT2D eigenvalue weighted by molar-refractivity contribution is 5.90. The number of hydrogen-bond acceptors (Lipinski definition) is 8. The Hall–Kier alpha value is -4.82. The topological polar surface area (TPSA) is 178 Å². The fraction of sp³-hybridized carbons (Fsp3) is 0.581. The Morgan fingerprint density at radius 3 is 1.54 bits per heavy atom. The number of hydroxylamine groups is 4. The number of benzene rings is 2. The Bertz CT molecular complexity index is 1580. The first-order valence-electron chi connectivity index (χ1n) is 19.7. The van der Waals surface area contributed by atoms with Crippen molar-refractivity contribution < 1.29 is 38.8 Å². The average Bonchev–Trinajstić information content (AvgIpc) is 3.17. The van der Waals surface area contributed by atoms with Crippen molar-refractivity contribution in [1.29, 1.82) is 0 Å². The van der Waals surface area contributed by atoms with Gasteiger partial charge in [0.1, 0.15) is 18.8 Å². The Morgan fingerprint density at radius 1 is 0.702 bits per heavy atom. The van der Waals surface area contributed by atoms with Gasteiger partial charge in [-0.3, -0.25) is 34.0 Å².